The fraction of sp³-hybridized carbons (Fsp3) is 0.394. The van der Waals surface area contributed by atoms with Crippen LogP contribution in [0.2, 0.25) is 0 Å². The third-order valence-corrected chi connectivity index (χ3v) is 7.75. The number of nitrogens with zero attached hydrogens (tertiary/aromatic N) is 4. The number of methoxy groups -OCH3 is 4. The molecule has 1 atom stereocenters. The molecule has 0 fully saturated rings. The molecule has 2 N–H and O–H groups in total. The van der Waals surface area contributed by atoms with Crippen molar-refractivity contribution < 1.29 is 23.7 Å². The molecule has 2 aromatic carbocycles. The SMILES string of the molecule is COc1cc2c(c(OC)c1OC)-c1ccc(OC)c(=O)cc1[C@@H](NCCOCCn1cc(CNCc3ccccn3)nn1)CC2. The molecule has 0 unspecified atom stereocenters. The second-order valence-corrected chi connectivity index (χ2v) is 10.5. The molecule has 45 heavy (non-hydrogen) atoms. The van der Waals surface area contributed by atoms with Gasteiger partial charge in [0.15, 0.2) is 17.2 Å². The molecule has 0 aliphatic heterocycles. The van der Waals surface area contributed by atoms with Gasteiger partial charge in [0, 0.05) is 43.6 Å². The second-order valence-electron chi connectivity index (χ2n) is 10.5. The Hall–Kier alpha value is -4.52. The lowest BCUT2D eigenvalue weighted by molar-refractivity contribution is 0.123. The van der Waals surface area contributed by atoms with Crippen molar-refractivity contribution in [2.45, 2.75) is 38.5 Å². The fourth-order valence-electron chi connectivity index (χ4n) is 5.59. The molecule has 2 heterocycles. The molecule has 1 aliphatic carbocycles. The normalized spacial score (nSPS) is 13.8. The molecule has 4 aromatic rings. The largest absolute Gasteiger partial charge is 0.493 e. The molecule has 12 heteroatoms. The van der Waals surface area contributed by atoms with Crippen molar-refractivity contribution in [2.24, 2.45) is 0 Å². The highest BCUT2D eigenvalue weighted by atomic mass is 16.5. The van der Waals surface area contributed by atoms with E-state index in [1.165, 1.54) is 7.11 Å². The lowest BCUT2D eigenvalue weighted by atomic mass is 9.95. The first-order chi connectivity index (χ1) is 22.1. The van der Waals surface area contributed by atoms with E-state index in [1.54, 1.807) is 44.3 Å². The van der Waals surface area contributed by atoms with Gasteiger partial charge in [0.05, 0.1) is 59.6 Å². The summed E-state index contributed by atoms with van der Waals surface area (Å²) >= 11 is 0. The van der Waals surface area contributed by atoms with E-state index in [1.807, 2.05) is 36.5 Å². The van der Waals surface area contributed by atoms with Gasteiger partial charge in [-0.25, -0.2) is 4.68 Å². The van der Waals surface area contributed by atoms with E-state index in [0.717, 1.165) is 46.5 Å². The van der Waals surface area contributed by atoms with Crippen molar-refractivity contribution in [3.8, 4) is 34.1 Å². The summed E-state index contributed by atoms with van der Waals surface area (Å²) in [6.45, 7) is 3.44. The molecule has 0 radical (unpaired) electrons. The van der Waals surface area contributed by atoms with Crippen LogP contribution in [0.5, 0.6) is 23.0 Å². The number of aryl methyl sites for hydroxylation is 1. The lowest BCUT2D eigenvalue weighted by Crippen LogP contribution is -2.26. The van der Waals surface area contributed by atoms with Gasteiger partial charge in [0.2, 0.25) is 11.2 Å². The van der Waals surface area contributed by atoms with Crippen LogP contribution < -0.4 is 35.0 Å². The fourth-order valence-corrected chi connectivity index (χ4v) is 5.59. The minimum atomic E-state index is -0.191. The number of rotatable bonds is 15. The zero-order valence-corrected chi connectivity index (χ0v) is 26.2. The van der Waals surface area contributed by atoms with Crippen LogP contribution in [0.25, 0.3) is 11.1 Å². The van der Waals surface area contributed by atoms with Crippen molar-refractivity contribution in [2.75, 3.05) is 48.2 Å². The van der Waals surface area contributed by atoms with Crippen LogP contribution in [0.15, 0.2) is 59.7 Å². The summed E-state index contributed by atoms with van der Waals surface area (Å²) in [5.74, 6) is 1.93. The molecule has 0 amide bonds. The van der Waals surface area contributed by atoms with Crippen molar-refractivity contribution in [3.63, 3.8) is 0 Å². The third-order valence-electron chi connectivity index (χ3n) is 7.75. The first kappa shape index (κ1) is 31.9. The van der Waals surface area contributed by atoms with Gasteiger partial charge in [-0.1, -0.05) is 17.3 Å². The predicted octanol–water partition coefficient (Wildman–Crippen LogP) is 3.32. The summed E-state index contributed by atoms with van der Waals surface area (Å²) in [4.78, 5) is 17.4. The van der Waals surface area contributed by atoms with Crippen LogP contribution in [-0.4, -0.2) is 68.2 Å². The van der Waals surface area contributed by atoms with Crippen LogP contribution >= 0.6 is 0 Å². The third kappa shape index (κ3) is 7.59. The number of fused-ring (bicyclic) bond motifs is 3. The average molecular weight is 617 g/mol. The van der Waals surface area contributed by atoms with Crippen LogP contribution in [0.3, 0.4) is 0 Å². The number of benzene rings is 1. The van der Waals surface area contributed by atoms with E-state index in [2.05, 4.69) is 25.9 Å². The minimum Gasteiger partial charge on any atom is -0.493 e. The second kappa shape index (κ2) is 15.5. The Morgan fingerprint density at radius 3 is 2.49 bits per heavy atom. The Bertz CT molecular complexity index is 1630. The van der Waals surface area contributed by atoms with E-state index >= 15 is 0 Å². The standard InChI is InChI=1S/C33H40N6O6/c1-41-29-11-9-25-26(18-28(29)40)27(10-8-22-17-30(42-2)32(43-3)33(44-4)31(22)25)36-13-15-45-16-14-39-21-24(37-38-39)20-34-19-23-7-5-6-12-35-23/h5-7,9,11-12,17-18,21,27,34,36H,8,10,13-16,19-20H2,1-4H3/t27-/m0/s1. The highest BCUT2D eigenvalue weighted by Crippen LogP contribution is 2.50. The summed E-state index contributed by atoms with van der Waals surface area (Å²) in [7, 11) is 6.30. The van der Waals surface area contributed by atoms with Crippen molar-refractivity contribution in [3.05, 3.63) is 87.6 Å². The van der Waals surface area contributed by atoms with Crippen molar-refractivity contribution in [1.82, 2.24) is 30.6 Å². The van der Waals surface area contributed by atoms with Crippen molar-refractivity contribution in [1.29, 1.82) is 0 Å². The maximum absolute atomic E-state index is 13.1. The van der Waals surface area contributed by atoms with E-state index in [0.29, 0.717) is 56.6 Å². The Morgan fingerprint density at radius 1 is 0.911 bits per heavy atom. The summed E-state index contributed by atoms with van der Waals surface area (Å²) in [6.07, 6.45) is 5.18. The molecular weight excluding hydrogens is 576 g/mol. The molecule has 0 saturated heterocycles. The molecular formula is C33H40N6O6. The first-order valence-corrected chi connectivity index (χ1v) is 14.9. The van der Waals surface area contributed by atoms with Gasteiger partial charge >= 0.3 is 0 Å². The number of hydrogen-bond donors (Lipinski definition) is 2. The van der Waals surface area contributed by atoms with E-state index < -0.39 is 0 Å². The van der Waals surface area contributed by atoms with Gasteiger partial charge < -0.3 is 34.3 Å². The number of nitrogens with one attached hydrogen (secondary N) is 2. The summed E-state index contributed by atoms with van der Waals surface area (Å²) < 4.78 is 30.3. The highest BCUT2D eigenvalue weighted by molar-refractivity contribution is 5.82. The maximum atomic E-state index is 13.1. The Kier molecular flexibility index (Phi) is 11.0. The highest BCUT2D eigenvalue weighted by Gasteiger charge is 2.29. The van der Waals surface area contributed by atoms with Crippen LogP contribution in [0.4, 0.5) is 0 Å². The summed E-state index contributed by atoms with van der Waals surface area (Å²) in [5.41, 5.74) is 5.30. The first-order valence-electron chi connectivity index (χ1n) is 14.9. The van der Waals surface area contributed by atoms with Gasteiger partial charge in [0.25, 0.3) is 0 Å². The average Bonchev–Trinajstić information content (AvgIpc) is 3.38. The maximum Gasteiger partial charge on any atom is 0.220 e. The zero-order chi connectivity index (χ0) is 31.6. The Balaban J connectivity index is 1.21. The number of pyridine rings is 1. The van der Waals surface area contributed by atoms with Crippen LogP contribution in [0, 0.1) is 0 Å². The molecule has 5 rings (SSSR count). The molecule has 0 saturated carbocycles. The Labute approximate surface area is 262 Å². The number of ether oxygens (including phenoxy) is 5. The van der Waals surface area contributed by atoms with Crippen molar-refractivity contribution >= 4 is 0 Å². The van der Waals surface area contributed by atoms with Crippen LogP contribution in [0.1, 0.15) is 35.0 Å². The molecule has 2 aromatic heterocycles. The van der Waals surface area contributed by atoms with Gasteiger partial charge in [-0.2, -0.15) is 0 Å². The Morgan fingerprint density at radius 2 is 1.73 bits per heavy atom. The zero-order valence-electron chi connectivity index (χ0n) is 26.2. The van der Waals surface area contributed by atoms with Gasteiger partial charge in [-0.15, -0.1) is 5.10 Å². The number of aromatic nitrogens is 4. The van der Waals surface area contributed by atoms with E-state index in [4.69, 9.17) is 23.7 Å². The predicted molar refractivity (Wildman–Crippen MR) is 169 cm³/mol. The van der Waals surface area contributed by atoms with E-state index in [-0.39, 0.29) is 17.2 Å². The smallest absolute Gasteiger partial charge is 0.220 e. The van der Waals surface area contributed by atoms with Crippen LogP contribution in [-0.2, 0) is 30.8 Å². The van der Waals surface area contributed by atoms with Gasteiger partial charge in [-0.3, -0.25) is 9.78 Å². The lowest BCUT2D eigenvalue weighted by Gasteiger charge is -2.20. The van der Waals surface area contributed by atoms with E-state index in [9.17, 15) is 4.79 Å². The molecule has 238 valence electrons. The quantitative estimate of drug-likeness (QED) is 0.191. The summed E-state index contributed by atoms with van der Waals surface area (Å²) in [5, 5.41) is 15.4. The topological polar surface area (TPSA) is 131 Å². The molecule has 0 spiro atoms. The summed E-state index contributed by atoms with van der Waals surface area (Å²) in [6, 6.07) is 13.0. The number of hydrogen-bond acceptors (Lipinski definition) is 11. The molecule has 1 aliphatic rings. The molecule has 0 bridgehead atoms. The van der Waals surface area contributed by atoms with Gasteiger partial charge in [-0.05, 0) is 59.9 Å². The van der Waals surface area contributed by atoms with Gasteiger partial charge in [0.1, 0.15) is 0 Å². The molecule has 12 nitrogen and oxygen atoms in total. The monoisotopic (exact) mass is 616 g/mol. The minimum absolute atomic E-state index is 0.112.